The number of nitrogens with two attached hydrogens (primary N) is 1. The summed E-state index contributed by atoms with van der Waals surface area (Å²) in [6, 6.07) is 3.39. The lowest BCUT2D eigenvalue weighted by atomic mass is 9.87. The number of carboxylic acid groups (broad SMARTS) is 1. The first-order chi connectivity index (χ1) is 8.96. The standard InChI is InChI=1S/C14H19F2NO2/c1-2-9(4-11(8-17)14(18)19)3-10-5-12(15)7-13(16)6-10/h5-7,9,11H,2-4,8,17H2,1H3,(H,18,19)/t9-,11+/m1/s1. The minimum atomic E-state index is -0.925. The van der Waals surface area contributed by atoms with Crippen molar-refractivity contribution in [1.29, 1.82) is 0 Å². The second-order valence-corrected chi connectivity index (χ2v) is 4.76. The molecule has 0 bridgehead atoms. The lowest BCUT2D eigenvalue weighted by molar-refractivity contribution is -0.142. The highest BCUT2D eigenvalue weighted by molar-refractivity contribution is 5.70. The number of carboxylic acids is 1. The Kier molecular flexibility index (Phi) is 5.89. The zero-order chi connectivity index (χ0) is 14.4. The van der Waals surface area contributed by atoms with Crippen LogP contribution in [0.1, 0.15) is 25.3 Å². The normalized spacial score (nSPS) is 14.1. The molecule has 19 heavy (non-hydrogen) atoms. The van der Waals surface area contributed by atoms with Crippen molar-refractivity contribution in [1.82, 2.24) is 0 Å². The van der Waals surface area contributed by atoms with E-state index >= 15 is 0 Å². The average Bonchev–Trinajstić information content (AvgIpc) is 2.32. The maximum atomic E-state index is 13.1. The van der Waals surface area contributed by atoms with Crippen LogP contribution >= 0.6 is 0 Å². The van der Waals surface area contributed by atoms with Gasteiger partial charge in [0.1, 0.15) is 11.6 Å². The molecule has 0 amide bonds. The fourth-order valence-electron chi connectivity index (χ4n) is 2.16. The first-order valence-corrected chi connectivity index (χ1v) is 6.34. The molecule has 0 aliphatic carbocycles. The molecule has 1 rings (SSSR count). The third-order valence-corrected chi connectivity index (χ3v) is 3.28. The number of carbonyl (C=O) groups is 1. The van der Waals surface area contributed by atoms with Gasteiger partial charge in [-0.2, -0.15) is 0 Å². The molecule has 0 fully saturated rings. The fourth-order valence-corrected chi connectivity index (χ4v) is 2.16. The van der Waals surface area contributed by atoms with Gasteiger partial charge in [0.2, 0.25) is 0 Å². The lowest BCUT2D eigenvalue weighted by Crippen LogP contribution is -2.26. The first kappa shape index (κ1) is 15.6. The van der Waals surface area contributed by atoms with Crippen LogP contribution < -0.4 is 5.73 Å². The van der Waals surface area contributed by atoms with Crippen molar-refractivity contribution in [2.24, 2.45) is 17.6 Å². The molecule has 0 aromatic heterocycles. The molecular formula is C14H19F2NO2. The Morgan fingerprint density at radius 1 is 1.32 bits per heavy atom. The largest absolute Gasteiger partial charge is 0.481 e. The lowest BCUT2D eigenvalue weighted by Gasteiger charge is -2.19. The van der Waals surface area contributed by atoms with Crippen LogP contribution in [-0.2, 0) is 11.2 Å². The van der Waals surface area contributed by atoms with Crippen LogP contribution in [0.5, 0.6) is 0 Å². The van der Waals surface area contributed by atoms with E-state index in [0.29, 0.717) is 18.4 Å². The molecule has 0 saturated carbocycles. The van der Waals surface area contributed by atoms with Crippen LogP contribution in [-0.4, -0.2) is 17.6 Å². The number of rotatable bonds is 7. The second kappa shape index (κ2) is 7.19. The summed E-state index contributed by atoms with van der Waals surface area (Å²) in [6.45, 7) is 2.00. The van der Waals surface area contributed by atoms with Gasteiger partial charge in [0.05, 0.1) is 5.92 Å². The molecule has 0 unspecified atom stereocenters. The first-order valence-electron chi connectivity index (χ1n) is 6.34. The Labute approximate surface area is 111 Å². The molecule has 0 spiro atoms. The third kappa shape index (κ3) is 4.95. The second-order valence-electron chi connectivity index (χ2n) is 4.76. The van der Waals surface area contributed by atoms with Gasteiger partial charge >= 0.3 is 5.97 Å². The number of hydrogen-bond donors (Lipinski definition) is 2. The third-order valence-electron chi connectivity index (χ3n) is 3.28. The van der Waals surface area contributed by atoms with Gasteiger partial charge in [-0.1, -0.05) is 13.3 Å². The Hall–Kier alpha value is -1.49. The van der Waals surface area contributed by atoms with Gasteiger partial charge in [0, 0.05) is 12.6 Å². The molecule has 1 aromatic carbocycles. The Balaban J connectivity index is 2.73. The number of hydrogen-bond acceptors (Lipinski definition) is 2. The van der Waals surface area contributed by atoms with Gasteiger partial charge in [-0.15, -0.1) is 0 Å². The molecule has 0 radical (unpaired) electrons. The van der Waals surface area contributed by atoms with Gasteiger partial charge in [-0.25, -0.2) is 8.78 Å². The van der Waals surface area contributed by atoms with E-state index in [1.807, 2.05) is 6.92 Å². The van der Waals surface area contributed by atoms with E-state index in [1.165, 1.54) is 12.1 Å². The molecule has 0 saturated heterocycles. The van der Waals surface area contributed by atoms with Gasteiger partial charge in [-0.05, 0) is 36.5 Å². The van der Waals surface area contributed by atoms with E-state index in [4.69, 9.17) is 10.8 Å². The van der Waals surface area contributed by atoms with Crippen LogP contribution in [0, 0.1) is 23.5 Å². The van der Waals surface area contributed by atoms with Crippen molar-refractivity contribution in [2.45, 2.75) is 26.2 Å². The predicted molar refractivity (Wildman–Crippen MR) is 68.6 cm³/mol. The highest BCUT2D eigenvalue weighted by atomic mass is 19.1. The molecule has 0 aliphatic heterocycles. The number of aliphatic carboxylic acids is 1. The summed E-state index contributed by atoms with van der Waals surface area (Å²) in [4.78, 5) is 10.9. The Morgan fingerprint density at radius 3 is 2.32 bits per heavy atom. The average molecular weight is 271 g/mol. The van der Waals surface area contributed by atoms with Crippen molar-refractivity contribution in [2.75, 3.05) is 6.54 Å². The van der Waals surface area contributed by atoms with Crippen molar-refractivity contribution in [3.8, 4) is 0 Å². The Bertz CT molecular complexity index is 417. The van der Waals surface area contributed by atoms with Crippen LogP contribution in [0.2, 0.25) is 0 Å². The molecule has 3 N–H and O–H groups in total. The van der Waals surface area contributed by atoms with Gasteiger partial charge in [0.25, 0.3) is 0 Å². The molecular weight excluding hydrogens is 252 g/mol. The summed E-state index contributed by atoms with van der Waals surface area (Å²) >= 11 is 0. The van der Waals surface area contributed by atoms with Crippen molar-refractivity contribution < 1.29 is 18.7 Å². The van der Waals surface area contributed by atoms with E-state index in [0.717, 1.165) is 12.5 Å². The van der Waals surface area contributed by atoms with E-state index < -0.39 is 23.5 Å². The van der Waals surface area contributed by atoms with Crippen LogP contribution in [0.15, 0.2) is 18.2 Å². The smallest absolute Gasteiger partial charge is 0.307 e. The number of benzene rings is 1. The molecule has 106 valence electrons. The van der Waals surface area contributed by atoms with Crippen LogP contribution in [0.4, 0.5) is 8.78 Å². The van der Waals surface area contributed by atoms with Crippen LogP contribution in [0.25, 0.3) is 0 Å². The fraction of sp³-hybridized carbons (Fsp3) is 0.500. The monoisotopic (exact) mass is 271 g/mol. The van der Waals surface area contributed by atoms with E-state index in [1.54, 1.807) is 0 Å². The zero-order valence-corrected chi connectivity index (χ0v) is 10.9. The maximum absolute atomic E-state index is 13.1. The van der Waals surface area contributed by atoms with Crippen LogP contribution in [0.3, 0.4) is 0 Å². The molecule has 0 heterocycles. The summed E-state index contributed by atoms with van der Waals surface area (Å²) < 4.78 is 26.2. The minimum absolute atomic E-state index is 0.0471. The van der Waals surface area contributed by atoms with E-state index in [2.05, 4.69) is 0 Å². The molecule has 0 aliphatic rings. The zero-order valence-electron chi connectivity index (χ0n) is 10.9. The quantitative estimate of drug-likeness (QED) is 0.801. The van der Waals surface area contributed by atoms with Crippen molar-refractivity contribution in [3.63, 3.8) is 0 Å². The molecule has 1 aromatic rings. The summed E-state index contributed by atoms with van der Waals surface area (Å²) in [5.74, 6) is -2.71. The predicted octanol–water partition coefficient (Wildman–Crippen LogP) is 2.58. The number of halogens is 2. The molecule has 3 nitrogen and oxygen atoms in total. The van der Waals surface area contributed by atoms with Gasteiger partial charge < -0.3 is 10.8 Å². The topological polar surface area (TPSA) is 63.3 Å². The minimum Gasteiger partial charge on any atom is -0.481 e. The van der Waals surface area contributed by atoms with Gasteiger partial charge in [-0.3, -0.25) is 4.79 Å². The Morgan fingerprint density at radius 2 is 1.89 bits per heavy atom. The summed E-state index contributed by atoms with van der Waals surface area (Å²) in [5.41, 5.74) is 5.96. The van der Waals surface area contributed by atoms with Crippen molar-refractivity contribution in [3.05, 3.63) is 35.4 Å². The molecule has 5 heteroatoms. The summed E-state index contributed by atoms with van der Waals surface area (Å²) in [5, 5.41) is 8.97. The summed E-state index contributed by atoms with van der Waals surface area (Å²) in [6.07, 6.45) is 1.61. The van der Waals surface area contributed by atoms with E-state index in [9.17, 15) is 13.6 Å². The summed E-state index contributed by atoms with van der Waals surface area (Å²) in [7, 11) is 0. The highest BCUT2D eigenvalue weighted by Crippen LogP contribution is 2.21. The highest BCUT2D eigenvalue weighted by Gasteiger charge is 2.20. The molecule has 2 atom stereocenters. The van der Waals surface area contributed by atoms with E-state index in [-0.39, 0.29) is 12.5 Å². The van der Waals surface area contributed by atoms with Gasteiger partial charge in [0.15, 0.2) is 0 Å². The SMILES string of the molecule is CC[C@H](Cc1cc(F)cc(F)c1)C[C@@H](CN)C(=O)O. The maximum Gasteiger partial charge on any atom is 0.307 e. The van der Waals surface area contributed by atoms with Crippen molar-refractivity contribution >= 4 is 5.97 Å².